The zero-order chi connectivity index (χ0) is 19.9. The minimum Gasteiger partial charge on any atom is -0.463 e. The Labute approximate surface area is 168 Å². The molecule has 2 aromatic heterocycles. The predicted octanol–water partition coefficient (Wildman–Crippen LogP) is 3.70. The number of fused-ring (bicyclic) bond motifs is 1. The van der Waals surface area contributed by atoms with Crippen LogP contribution in [0.1, 0.15) is 36.3 Å². The number of imidazole rings is 1. The molecule has 0 unspecified atom stereocenters. The predicted molar refractivity (Wildman–Crippen MR) is 109 cm³/mol. The molecule has 1 amide bonds. The van der Waals surface area contributed by atoms with E-state index in [0.717, 1.165) is 16.2 Å². The van der Waals surface area contributed by atoms with Gasteiger partial charge in [0, 0.05) is 29.6 Å². The molecule has 0 aliphatic heterocycles. The average Bonchev–Trinajstić information content (AvgIpc) is 3.09. The van der Waals surface area contributed by atoms with E-state index in [4.69, 9.17) is 4.74 Å². The summed E-state index contributed by atoms with van der Waals surface area (Å²) in [6, 6.07) is 13.3. The largest absolute Gasteiger partial charge is 0.463 e. The molecular weight excluding hydrogens is 374 g/mol. The lowest BCUT2D eigenvalue weighted by molar-refractivity contribution is -0.147. The molecule has 3 rings (SSSR count). The van der Waals surface area contributed by atoms with Gasteiger partial charge in [0.1, 0.15) is 5.65 Å². The molecule has 1 N–H and O–H groups in total. The van der Waals surface area contributed by atoms with E-state index in [1.54, 1.807) is 31.7 Å². The molecule has 28 heavy (non-hydrogen) atoms. The number of pyridine rings is 1. The molecule has 0 atom stereocenters. The fourth-order valence-corrected chi connectivity index (χ4v) is 3.62. The molecule has 0 saturated carbocycles. The number of rotatable bonds is 8. The lowest BCUT2D eigenvalue weighted by Crippen LogP contribution is -2.27. The number of carbonyl (C=O) groups excluding carboxylic acids is 2. The molecule has 7 heteroatoms. The van der Waals surface area contributed by atoms with Crippen LogP contribution in [0.4, 0.5) is 0 Å². The fraction of sp³-hybridized carbons (Fsp3) is 0.286. The van der Waals surface area contributed by atoms with Crippen molar-refractivity contribution in [2.45, 2.75) is 37.0 Å². The van der Waals surface area contributed by atoms with E-state index in [0.29, 0.717) is 11.3 Å². The van der Waals surface area contributed by atoms with Crippen molar-refractivity contribution in [2.75, 3.05) is 6.54 Å². The van der Waals surface area contributed by atoms with E-state index in [1.807, 2.05) is 53.2 Å². The Hall–Kier alpha value is -2.80. The lowest BCUT2D eigenvalue weighted by atomic mass is 10.2. The van der Waals surface area contributed by atoms with E-state index in [9.17, 15) is 9.59 Å². The SMILES string of the molecule is CC(C)OC(=O)CCNC(=O)c1ccccc1SCc1cn2ccccc2n1. The van der Waals surface area contributed by atoms with Crippen LogP contribution in [0.3, 0.4) is 0 Å². The molecule has 2 heterocycles. The van der Waals surface area contributed by atoms with Crippen molar-refractivity contribution in [1.82, 2.24) is 14.7 Å². The van der Waals surface area contributed by atoms with Crippen molar-refractivity contribution in [2.24, 2.45) is 0 Å². The lowest BCUT2D eigenvalue weighted by Gasteiger charge is -2.10. The standard InChI is InChI=1S/C21H23N3O3S/c1-15(2)27-20(25)10-11-22-21(26)17-7-3-4-8-18(17)28-14-16-13-24-12-6-5-9-19(24)23-16/h3-9,12-13,15H,10-11,14H2,1-2H3,(H,22,26). The highest BCUT2D eigenvalue weighted by Gasteiger charge is 2.13. The van der Waals surface area contributed by atoms with Gasteiger partial charge >= 0.3 is 5.97 Å². The molecule has 0 spiro atoms. The van der Waals surface area contributed by atoms with Crippen LogP contribution in [-0.4, -0.2) is 33.9 Å². The summed E-state index contributed by atoms with van der Waals surface area (Å²) in [6.45, 7) is 3.84. The highest BCUT2D eigenvalue weighted by atomic mass is 32.2. The van der Waals surface area contributed by atoms with Gasteiger partial charge in [0.25, 0.3) is 5.91 Å². The number of hydrogen-bond acceptors (Lipinski definition) is 5. The van der Waals surface area contributed by atoms with Crippen LogP contribution in [0.15, 0.2) is 59.8 Å². The van der Waals surface area contributed by atoms with Gasteiger partial charge < -0.3 is 14.5 Å². The number of carbonyl (C=O) groups is 2. The first-order valence-electron chi connectivity index (χ1n) is 9.15. The number of hydrogen-bond donors (Lipinski definition) is 1. The Bertz CT molecular complexity index is 935. The van der Waals surface area contributed by atoms with Crippen LogP contribution in [-0.2, 0) is 15.3 Å². The summed E-state index contributed by atoms with van der Waals surface area (Å²) >= 11 is 1.56. The minimum atomic E-state index is -0.315. The number of esters is 1. The quantitative estimate of drug-likeness (QED) is 0.463. The van der Waals surface area contributed by atoms with Gasteiger partial charge in [-0.2, -0.15) is 0 Å². The smallest absolute Gasteiger partial charge is 0.307 e. The van der Waals surface area contributed by atoms with E-state index in [-0.39, 0.29) is 30.9 Å². The Balaban J connectivity index is 1.59. The van der Waals surface area contributed by atoms with E-state index in [2.05, 4.69) is 10.3 Å². The average molecular weight is 398 g/mol. The summed E-state index contributed by atoms with van der Waals surface area (Å²) in [4.78, 5) is 29.6. The van der Waals surface area contributed by atoms with Crippen LogP contribution < -0.4 is 5.32 Å². The van der Waals surface area contributed by atoms with Gasteiger partial charge in [-0.15, -0.1) is 11.8 Å². The van der Waals surface area contributed by atoms with Crippen LogP contribution in [0, 0.1) is 0 Å². The second-order valence-corrected chi connectivity index (χ2v) is 7.54. The number of amides is 1. The van der Waals surface area contributed by atoms with Crippen LogP contribution in [0.2, 0.25) is 0 Å². The highest BCUT2D eigenvalue weighted by molar-refractivity contribution is 7.98. The zero-order valence-corrected chi connectivity index (χ0v) is 16.7. The maximum absolute atomic E-state index is 12.5. The topological polar surface area (TPSA) is 72.7 Å². The minimum absolute atomic E-state index is 0.153. The summed E-state index contributed by atoms with van der Waals surface area (Å²) in [5.41, 5.74) is 2.44. The van der Waals surface area contributed by atoms with Crippen molar-refractivity contribution in [3.63, 3.8) is 0 Å². The van der Waals surface area contributed by atoms with Gasteiger partial charge in [-0.1, -0.05) is 18.2 Å². The van der Waals surface area contributed by atoms with Crippen molar-refractivity contribution in [3.8, 4) is 0 Å². The Morgan fingerprint density at radius 1 is 1.18 bits per heavy atom. The number of aromatic nitrogens is 2. The maximum Gasteiger partial charge on any atom is 0.307 e. The van der Waals surface area contributed by atoms with Crippen molar-refractivity contribution < 1.29 is 14.3 Å². The summed E-state index contributed by atoms with van der Waals surface area (Å²) < 4.78 is 7.05. The monoisotopic (exact) mass is 397 g/mol. The maximum atomic E-state index is 12.5. The van der Waals surface area contributed by atoms with Gasteiger partial charge in [0.2, 0.25) is 0 Å². The van der Waals surface area contributed by atoms with E-state index < -0.39 is 0 Å². The molecule has 0 saturated heterocycles. The molecule has 6 nitrogen and oxygen atoms in total. The summed E-state index contributed by atoms with van der Waals surface area (Å²) in [5.74, 6) is 0.146. The Morgan fingerprint density at radius 3 is 2.75 bits per heavy atom. The molecule has 0 bridgehead atoms. The molecule has 146 valence electrons. The second-order valence-electron chi connectivity index (χ2n) is 6.53. The molecule has 1 aromatic carbocycles. The van der Waals surface area contributed by atoms with Gasteiger partial charge in [-0.05, 0) is 38.1 Å². The summed E-state index contributed by atoms with van der Waals surface area (Å²) in [5, 5.41) is 2.79. The molecule has 0 fully saturated rings. The van der Waals surface area contributed by atoms with E-state index >= 15 is 0 Å². The third-order valence-corrected chi connectivity index (χ3v) is 5.01. The molecule has 0 radical (unpaired) electrons. The number of nitrogens with zero attached hydrogens (tertiary/aromatic N) is 2. The molecule has 0 aliphatic rings. The first-order valence-corrected chi connectivity index (χ1v) is 10.1. The highest BCUT2D eigenvalue weighted by Crippen LogP contribution is 2.26. The van der Waals surface area contributed by atoms with Gasteiger partial charge in [0.05, 0.1) is 23.8 Å². The van der Waals surface area contributed by atoms with Crippen LogP contribution >= 0.6 is 11.8 Å². The van der Waals surface area contributed by atoms with Gasteiger partial charge in [0.15, 0.2) is 0 Å². The van der Waals surface area contributed by atoms with Crippen molar-refractivity contribution >= 4 is 29.3 Å². The zero-order valence-electron chi connectivity index (χ0n) is 15.9. The Kier molecular flexibility index (Phi) is 6.71. The van der Waals surface area contributed by atoms with Crippen LogP contribution in [0.25, 0.3) is 5.65 Å². The van der Waals surface area contributed by atoms with Crippen LogP contribution in [0.5, 0.6) is 0 Å². The van der Waals surface area contributed by atoms with E-state index in [1.165, 1.54) is 0 Å². The Morgan fingerprint density at radius 2 is 1.96 bits per heavy atom. The number of thioether (sulfide) groups is 1. The number of ether oxygens (including phenoxy) is 1. The number of benzene rings is 1. The third-order valence-electron chi connectivity index (χ3n) is 3.90. The fourth-order valence-electron chi connectivity index (χ4n) is 2.68. The number of nitrogens with one attached hydrogen (secondary N) is 1. The first-order chi connectivity index (χ1) is 13.5. The van der Waals surface area contributed by atoms with Crippen molar-refractivity contribution in [3.05, 3.63) is 66.1 Å². The normalized spacial score (nSPS) is 11.0. The first kappa shape index (κ1) is 19.9. The molecule has 3 aromatic rings. The summed E-state index contributed by atoms with van der Waals surface area (Å²) in [6.07, 6.45) is 3.95. The summed E-state index contributed by atoms with van der Waals surface area (Å²) in [7, 11) is 0. The molecule has 0 aliphatic carbocycles. The molecular formula is C21H23N3O3S. The van der Waals surface area contributed by atoms with Gasteiger partial charge in [-0.3, -0.25) is 9.59 Å². The third kappa shape index (κ3) is 5.36. The second kappa shape index (κ2) is 9.41. The van der Waals surface area contributed by atoms with Gasteiger partial charge in [-0.25, -0.2) is 4.98 Å². The van der Waals surface area contributed by atoms with Crippen molar-refractivity contribution in [1.29, 1.82) is 0 Å².